The van der Waals surface area contributed by atoms with Crippen molar-refractivity contribution in [3.8, 4) is 0 Å². The van der Waals surface area contributed by atoms with Gasteiger partial charge in [0.25, 0.3) is 0 Å². The quantitative estimate of drug-likeness (QED) is 0.888. The lowest BCUT2D eigenvalue weighted by atomic mass is 10.1. The number of carbonyl (C=O) groups is 1. The number of piperazine rings is 1. The standard InChI is InChI=1S/C12H16BrN3O/c1-15-5-6-16(12(17)11(15)8-14)10-4-2-3-9(13)7-10/h2-4,7,11H,5-6,8,14H2,1H3. The maximum absolute atomic E-state index is 12.3. The molecule has 1 aromatic carbocycles. The largest absolute Gasteiger partial charge is 0.328 e. The summed E-state index contributed by atoms with van der Waals surface area (Å²) >= 11 is 3.42. The van der Waals surface area contributed by atoms with E-state index in [0.717, 1.165) is 16.7 Å². The molecule has 1 aromatic rings. The highest BCUT2D eigenvalue weighted by Crippen LogP contribution is 2.22. The number of likely N-dealkylation sites (N-methyl/N-ethyl adjacent to an activating group) is 1. The van der Waals surface area contributed by atoms with Crippen LogP contribution in [0.25, 0.3) is 0 Å². The molecule has 1 fully saturated rings. The van der Waals surface area contributed by atoms with Gasteiger partial charge in [0.15, 0.2) is 0 Å². The van der Waals surface area contributed by atoms with Crippen molar-refractivity contribution >= 4 is 27.5 Å². The SMILES string of the molecule is CN1CCN(c2cccc(Br)c2)C(=O)C1CN. The normalized spacial score (nSPS) is 21.9. The number of halogens is 1. The second-order valence-electron chi connectivity index (χ2n) is 4.20. The Morgan fingerprint density at radius 3 is 2.88 bits per heavy atom. The van der Waals surface area contributed by atoms with E-state index in [1.165, 1.54) is 0 Å². The van der Waals surface area contributed by atoms with Gasteiger partial charge in [0, 0.05) is 29.8 Å². The van der Waals surface area contributed by atoms with E-state index >= 15 is 0 Å². The molecule has 0 spiro atoms. The molecule has 1 amide bonds. The first kappa shape index (κ1) is 12.5. The van der Waals surface area contributed by atoms with Gasteiger partial charge < -0.3 is 10.6 Å². The van der Waals surface area contributed by atoms with Gasteiger partial charge in [-0.15, -0.1) is 0 Å². The number of anilines is 1. The van der Waals surface area contributed by atoms with Crippen LogP contribution in [0, 0.1) is 0 Å². The minimum absolute atomic E-state index is 0.0827. The molecule has 0 radical (unpaired) electrons. The number of amides is 1. The zero-order valence-electron chi connectivity index (χ0n) is 9.77. The topological polar surface area (TPSA) is 49.6 Å². The van der Waals surface area contributed by atoms with Crippen LogP contribution in [0.1, 0.15) is 0 Å². The number of hydrogen-bond donors (Lipinski definition) is 1. The molecule has 92 valence electrons. The van der Waals surface area contributed by atoms with E-state index in [1.807, 2.05) is 41.1 Å². The van der Waals surface area contributed by atoms with E-state index in [4.69, 9.17) is 5.73 Å². The summed E-state index contributed by atoms with van der Waals surface area (Å²) in [6, 6.07) is 7.58. The summed E-state index contributed by atoms with van der Waals surface area (Å²) in [5, 5.41) is 0. The molecular formula is C12H16BrN3O. The van der Waals surface area contributed by atoms with E-state index < -0.39 is 0 Å². The number of carbonyl (C=O) groups excluding carboxylic acids is 1. The molecule has 4 nitrogen and oxygen atoms in total. The average molecular weight is 298 g/mol. The van der Waals surface area contributed by atoms with Gasteiger partial charge in [-0.3, -0.25) is 9.69 Å². The van der Waals surface area contributed by atoms with Crippen LogP contribution in [0.4, 0.5) is 5.69 Å². The molecule has 2 rings (SSSR count). The summed E-state index contributed by atoms with van der Waals surface area (Å²) < 4.78 is 0.978. The molecule has 1 aliphatic rings. The van der Waals surface area contributed by atoms with Gasteiger partial charge >= 0.3 is 0 Å². The van der Waals surface area contributed by atoms with Crippen LogP contribution in [-0.4, -0.2) is 43.5 Å². The number of hydrogen-bond acceptors (Lipinski definition) is 3. The minimum atomic E-state index is -0.206. The van der Waals surface area contributed by atoms with Gasteiger partial charge in [-0.25, -0.2) is 0 Å². The zero-order chi connectivity index (χ0) is 12.4. The summed E-state index contributed by atoms with van der Waals surface area (Å²) in [5.74, 6) is 0.0827. The lowest BCUT2D eigenvalue weighted by Crippen LogP contribution is -2.58. The molecule has 1 atom stereocenters. The third-order valence-electron chi connectivity index (χ3n) is 3.10. The van der Waals surface area contributed by atoms with Crippen LogP contribution in [0.5, 0.6) is 0 Å². The summed E-state index contributed by atoms with van der Waals surface area (Å²) in [6.07, 6.45) is 0. The molecular weight excluding hydrogens is 282 g/mol. The van der Waals surface area contributed by atoms with Crippen molar-refractivity contribution in [2.45, 2.75) is 6.04 Å². The first-order valence-electron chi connectivity index (χ1n) is 5.60. The first-order valence-corrected chi connectivity index (χ1v) is 6.40. The second-order valence-corrected chi connectivity index (χ2v) is 5.12. The molecule has 1 heterocycles. The molecule has 5 heteroatoms. The summed E-state index contributed by atoms with van der Waals surface area (Å²) in [6.45, 7) is 1.92. The van der Waals surface area contributed by atoms with Crippen molar-refractivity contribution < 1.29 is 4.79 Å². The third kappa shape index (κ3) is 2.51. The Morgan fingerprint density at radius 1 is 1.47 bits per heavy atom. The van der Waals surface area contributed by atoms with E-state index in [2.05, 4.69) is 15.9 Å². The molecule has 2 N–H and O–H groups in total. The van der Waals surface area contributed by atoms with Crippen LogP contribution in [-0.2, 0) is 4.79 Å². The van der Waals surface area contributed by atoms with Crippen molar-refractivity contribution in [1.29, 1.82) is 0 Å². The van der Waals surface area contributed by atoms with Gasteiger partial charge in [-0.2, -0.15) is 0 Å². The highest BCUT2D eigenvalue weighted by atomic mass is 79.9. The molecule has 0 aromatic heterocycles. The van der Waals surface area contributed by atoms with Crippen molar-refractivity contribution in [2.75, 3.05) is 31.6 Å². The van der Waals surface area contributed by atoms with Crippen molar-refractivity contribution in [3.63, 3.8) is 0 Å². The van der Waals surface area contributed by atoms with Crippen LogP contribution >= 0.6 is 15.9 Å². The number of nitrogens with two attached hydrogens (primary N) is 1. The molecule has 0 bridgehead atoms. The Bertz CT molecular complexity index is 424. The molecule has 1 unspecified atom stereocenters. The highest BCUT2D eigenvalue weighted by molar-refractivity contribution is 9.10. The fourth-order valence-electron chi connectivity index (χ4n) is 2.07. The Hall–Kier alpha value is -0.910. The summed E-state index contributed by atoms with van der Waals surface area (Å²) in [7, 11) is 1.94. The fraction of sp³-hybridized carbons (Fsp3) is 0.417. The van der Waals surface area contributed by atoms with Crippen LogP contribution in [0.15, 0.2) is 28.7 Å². The molecule has 1 aliphatic heterocycles. The number of benzene rings is 1. The van der Waals surface area contributed by atoms with Crippen molar-refractivity contribution in [1.82, 2.24) is 4.90 Å². The summed E-state index contributed by atoms with van der Waals surface area (Å²) in [4.78, 5) is 16.1. The Kier molecular flexibility index (Phi) is 3.81. The maximum Gasteiger partial charge on any atom is 0.245 e. The molecule has 1 saturated heterocycles. The van der Waals surface area contributed by atoms with Crippen LogP contribution < -0.4 is 10.6 Å². The molecule has 0 saturated carbocycles. The highest BCUT2D eigenvalue weighted by Gasteiger charge is 2.32. The van der Waals surface area contributed by atoms with Crippen LogP contribution in [0.2, 0.25) is 0 Å². The smallest absolute Gasteiger partial charge is 0.245 e. The van der Waals surface area contributed by atoms with E-state index in [0.29, 0.717) is 13.1 Å². The zero-order valence-corrected chi connectivity index (χ0v) is 11.4. The third-order valence-corrected chi connectivity index (χ3v) is 3.60. The first-order chi connectivity index (χ1) is 8.13. The second kappa shape index (κ2) is 5.16. The van der Waals surface area contributed by atoms with E-state index in [-0.39, 0.29) is 11.9 Å². The maximum atomic E-state index is 12.3. The van der Waals surface area contributed by atoms with Gasteiger partial charge in [0.05, 0.1) is 0 Å². The Morgan fingerprint density at radius 2 is 2.24 bits per heavy atom. The Labute approximate surface area is 110 Å². The lowest BCUT2D eigenvalue weighted by Gasteiger charge is -2.38. The van der Waals surface area contributed by atoms with Gasteiger partial charge in [-0.05, 0) is 25.2 Å². The Balaban J connectivity index is 2.25. The lowest BCUT2D eigenvalue weighted by molar-refractivity contribution is -0.124. The predicted molar refractivity (Wildman–Crippen MR) is 72.0 cm³/mol. The monoisotopic (exact) mass is 297 g/mol. The summed E-state index contributed by atoms with van der Waals surface area (Å²) in [5.41, 5.74) is 6.58. The predicted octanol–water partition coefficient (Wildman–Crippen LogP) is 1.05. The van der Waals surface area contributed by atoms with Gasteiger partial charge in [0.2, 0.25) is 5.91 Å². The van der Waals surface area contributed by atoms with Crippen molar-refractivity contribution in [2.24, 2.45) is 5.73 Å². The fourth-order valence-corrected chi connectivity index (χ4v) is 2.46. The molecule has 17 heavy (non-hydrogen) atoms. The average Bonchev–Trinajstić information content (AvgIpc) is 2.29. The number of rotatable bonds is 2. The molecule has 0 aliphatic carbocycles. The number of nitrogens with zero attached hydrogens (tertiary/aromatic N) is 2. The van der Waals surface area contributed by atoms with Crippen LogP contribution in [0.3, 0.4) is 0 Å². The van der Waals surface area contributed by atoms with Crippen molar-refractivity contribution in [3.05, 3.63) is 28.7 Å². The minimum Gasteiger partial charge on any atom is -0.328 e. The van der Waals surface area contributed by atoms with Gasteiger partial charge in [0.1, 0.15) is 6.04 Å². The van der Waals surface area contributed by atoms with E-state index in [1.54, 1.807) is 0 Å². The van der Waals surface area contributed by atoms with Gasteiger partial charge in [-0.1, -0.05) is 22.0 Å². The van der Waals surface area contributed by atoms with E-state index in [9.17, 15) is 4.79 Å².